The average Bonchev–Trinajstić information content (AvgIpc) is 2.99. The number of nitrogens with zero attached hydrogens (tertiary/aromatic N) is 2. The number of aliphatic hydroxyl groups is 2. The smallest absolute Gasteiger partial charge is 0.320 e. The topological polar surface area (TPSA) is 184 Å². The fourth-order valence-electron chi connectivity index (χ4n) is 3.18. The number of Topliss-reactive ketones (excluding diaryl/α,β-unsaturated/α-hetero) is 1. The first-order chi connectivity index (χ1) is 20.2. The molecule has 2 unspecified atom stereocenters. The summed E-state index contributed by atoms with van der Waals surface area (Å²) in [4.78, 5) is 45.2. The molecule has 2 atom stereocenters. The predicted molar refractivity (Wildman–Crippen MR) is 160 cm³/mol. The molecule has 0 amide bonds. The van der Waals surface area contributed by atoms with E-state index in [0.29, 0.717) is 6.61 Å². The molecule has 0 radical (unpaired) electrons. The molecule has 0 aromatic heterocycles. The number of hydrogen-bond acceptors (Lipinski definition) is 11. The molecule has 0 heterocycles. The monoisotopic (exact) mass is 600 g/mol. The van der Waals surface area contributed by atoms with Crippen LogP contribution < -0.4 is 0 Å². The van der Waals surface area contributed by atoms with Crippen molar-refractivity contribution in [2.45, 2.75) is 118 Å². The molecular weight excluding hydrogens is 544 g/mol. The summed E-state index contributed by atoms with van der Waals surface area (Å²) >= 11 is 0. The van der Waals surface area contributed by atoms with Crippen LogP contribution in [0, 0.1) is 34.5 Å². The van der Waals surface area contributed by atoms with Crippen molar-refractivity contribution in [3.8, 4) is 12.1 Å². The van der Waals surface area contributed by atoms with Crippen LogP contribution >= 0.6 is 0 Å². The molecule has 0 aromatic rings. The van der Waals surface area contributed by atoms with E-state index in [2.05, 4.69) is 11.7 Å². The van der Waals surface area contributed by atoms with Gasteiger partial charge in [-0.05, 0) is 46.0 Å². The van der Waals surface area contributed by atoms with Gasteiger partial charge in [-0.25, -0.2) is 0 Å². The Bertz CT molecular complexity index is 740. The molecule has 2 N–H and O–H groups in total. The van der Waals surface area contributed by atoms with E-state index in [1.165, 1.54) is 26.9 Å². The van der Waals surface area contributed by atoms with Gasteiger partial charge in [-0.2, -0.15) is 10.5 Å². The Hall–Kier alpha value is -3.02. The predicted octanol–water partition coefficient (Wildman–Crippen LogP) is 5.21. The normalized spacial score (nSPS) is 10.7. The van der Waals surface area contributed by atoms with Crippen LogP contribution in [0.1, 0.15) is 118 Å². The average molecular weight is 601 g/mol. The summed E-state index contributed by atoms with van der Waals surface area (Å²) < 4.78 is 14.3. The third kappa shape index (κ3) is 31.5. The number of hydrogen-bond donors (Lipinski definition) is 2. The number of aliphatic hydroxyl groups excluding tert-OH is 2. The Morgan fingerprint density at radius 3 is 1.55 bits per heavy atom. The van der Waals surface area contributed by atoms with Crippen molar-refractivity contribution < 1.29 is 43.6 Å². The number of carbonyl (C=O) groups is 4. The highest BCUT2D eigenvalue weighted by Crippen LogP contribution is 2.12. The van der Waals surface area contributed by atoms with E-state index in [4.69, 9.17) is 30.2 Å². The second kappa shape index (κ2) is 38.0. The summed E-state index contributed by atoms with van der Waals surface area (Å²) in [6.07, 6.45) is 9.85. The minimum absolute atomic E-state index is 0.130. The van der Waals surface area contributed by atoms with Gasteiger partial charge in [-0.1, -0.05) is 59.3 Å². The summed E-state index contributed by atoms with van der Waals surface area (Å²) in [5.74, 6) is -3.72. The van der Waals surface area contributed by atoms with Crippen molar-refractivity contribution in [2.75, 3.05) is 33.5 Å². The number of rotatable bonds is 20. The number of nitriles is 2. The van der Waals surface area contributed by atoms with E-state index in [1.807, 2.05) is 26.0 Å². The van der Waals surface area contributed by atoms with Crippen LogP contribution in [0.4, 0.5) is 0 Å². The third-order valence-electron chi connectivity index (χ3n) is 5.48. The lowest BCUT2D eigenvalue weighted by Gasteiger charge is -2.12. The van der Waals surface area contributed by atoms with Crippen LogP contribution in [0.2, 0.25) is 0 Å². The molecule has 0 saturated carbocycles. The molecule has 0 fully saturated rings. The Morgan fingerprint density at radius 1 is 0.690 bits per heavy atom. The first-order valence-electron chi connectivity index (χ1n) is 15.1. The number of ether oxygens (including phenoxy) is 3. The van der Waals surface area contributed by atoms with E-state index in [9.17, 15) is 19.2 Å². The standard InChI is InChI=1S/C14H23NO4.C9H13NO3.C6H14O2.C2H6/c1-3-4-5-6-7-11-19-14(17)12(9-8-10-15)13(16)18-2;1-3-13-9(12)8(7(2)11)5-4-6-10;7-5-3-1-2-4-6-8;1-2/h12H,3-9,11H2,1-2H3;8H,3-5H2,1-2H3;7-8H,1-6H2;1-2H3. The van der Waals surface area contributed by atoms with Crippen LogP contribution in [-0.4, -0.2) is 67.4 Å². The molecular formula is C31H56N2O9. The summed E-state index contributed by atoms with van der Waals surface area (Å²) in [5, 5.41) is 33.4. The summed E-state index contributed by atoms with van der Waals surface area (Å²) in [6, 6.07) is 3.80. The van der Waals surface area contributed by atoms with Crippen molar-refractivity contribution in [1.82, 2.24) is 0 Å². The second-order valence-electron chi connectivity index (χ2n) is 8.83. The number of methoxy groups -OCH3 is 1. The Morgan fingerprint density at radius 2 is 1.14 bits per heavy atom. The van der Waals surface area contributed by atoms with Gasteiger partial charge in [0.15, 0.2) is 5.92 Å². The number of ketones is 1. The van der Waals surface area contributed by atoms with Crippen LogP contribution in [-0.2, 0) is 33.4 Å². The van der Waals surface area contributed by atoms with Gasteiger partial charge in [0.05, 0.1) is 32.5 Å². The molecule has 11 heteroatoms. The lowest BCUT2D eigenvalue weighted by atomic mass is 10.00. The number of carbonyl (C=O) groups excluding carboxylic acids is 4. The van der Waals surface area contributed by atoms with Gasteiger partial charge in [0, 0.05) is 26.1 Å². The van der Waals surface area contributed by atoms with Gasteiger partial charge < -0.3 is 24.4 Å². The molecule has 0 bridgehead atoms. The largest absolute Gasteiger partial charge is 0.468 e. The molecule has 11 nitrogen and oxygen atoms in total. The van der Waals surface area contributed by atoms with Crippen molar-refractivity contribution >= 4 is 23.7 Å². The zero-order valence-corrected chi connectivity index (χ0v) is 26.8. The zero-order chi connectivity index (χ0) is 33.0. The van der Waals surface area contributed by atoms with E-state index >= 15 is 0 Å². The van der Waals surface area contributed by atoms with Gasteiger partial charge in [0.1, 0.15) is 11.7 Å². The van der Waals surface area contributed by atoms with Crippen molar-refractivity contribution in [1.29, 1.82) is 10.5 Å². The maximum Gasteiger partial charge on any atom is 0.320 e. The van der Waals surface area contributed by atoms with E-state index in [1.54, 1.807) is 6.92 Å². The molecule has 0 saturated heterocycles. The molecule has 0 spiro atoms. The Labute approximate surface area is 253 Å². The first kappa shape index (κ1) is 46.0. The highest BCUT2D eigenvalue weighted by atomic mass is 16.5. The van der Waals surface area contributed by atoms with Gasteiger partial charge in [0.25, 0.3) is 0 Å². The van der Waals surface area contributed by atoms with Crippen molar-refractivity contribution in [3.05, 3.63) is 0 Å². The fraction of sp³-hybridized carbons (Fsp3) is 0.806. The highest BCUT2D eigenvalue weighted by Gasteiger charge is 2.28. The van der Waals surface area contributed by atoms with Gasteiger partial charge in [-0.15, -0.1) is 0 Å². The number of esters is 3. The molecule has 0 aliphatic carbocycles. The van der Waals surface area contributed by atoms with Gasteiger partial charge in [0.2, 0.25) is 0 Å². The van der Waals surface area contributed by atoms with Gasteiger partial charge in [-0.3, -0.25) is 19.2 Å². The summed E-state index contributed by atoms with van der Waals surface area (Å²) in [5.41, 5.74) is 0. The fourth-order valence-corrected chi connectivity index (χ4v) is 3.18. The van der Waals surface area contributed by atoms with Crippen molar-refractivity contribution in [2.24, 2.45) is 11.8 Å². The van der Waals surface area contributed by atoms with E-state index in [-0.39, 0.29) is 51.3 Å². The highest BCUT2D eigenvalue weighted by molar-refractivity contribution is 5.97. The minimum atomic E-state index is -0.972. The number of unbranched alkanes of at least 4 members (excludes halogenated alkanes) is 7. The van der Waals surface area contributed by atoms with Crippen LogP contribution in [0.5, 0.6) is 0 Å². The minimum Gasteiger partial charge on any atom is -0.468 e. The summed E-state index contributed by atoms with van der Waals surface area (Å²) in [7, 11) is 1.22. The van der Waals surface area contributed by atoms with Crippen molar-refractivity contribution in [3.63, 3.8) is 0 Å². The van der Waals surface area contributed by atoms with Crippen LogP contribution in [0.3, 0.4) is 0 Å². The summed E-state index contributed by atoms with van der Waals surface area (Å²) in [6.45, 7) is 10.3. The Kier molecular flexibility index (Phi) is 41.6. The Balaban J connectivity index is -0.000000271. The van der Waals surface area contributed by atoms with E-state index < -0.39 is 29.7 Å². The molecule has 0 aliphatic heterocycles. The molecule has 0 aromatic carbocycles. The lowest BCUT2D eigenvalue weighted by Crippen LogP contribution is -2.27. The molecule has 0 aliphatic rings. The second-order valence-corrected chi connectivity index (χ2v) is 8.83. The molecule has 0 rings (SSSR count). The SMILES string of the molecule is CC.CCCCCCCOC(=O)C(CCC#N)C(=O)OC.CCOC(=O)C(CCC#N)C(C)=O.OCCCCCCO. The third-order valence-corrected chi connectivity index (χ3v) is 5.48. The van der Waals surface area contributed by atoms with E-state index in [0.717, 1.165) is 44.9 Å². The molecule has 42 heavy (non-hydrogen) atoms. The van der Waals surface area contributed by atoms with Crippen LogP contribution in [0.25, 0.3) is 0 Å². The maximum absolute atomic E-state index is 11.7. The first-order valence-corrected chi connectivity index (χ1v) is 15.1. The lowest BCUT2D eigenvalue weighted by molar-refractivity contribution is -0.161. The van der Waals surface area contributed by atoms with Crippen LogP contribution in [0.15, 0.2) is 0 Å². The zero-order valence-electron chi connectivity index (χ0n) is 26.8. The quantitative estimate of drug-likeness (QED) is 0.0809. The van der Waals surface area contributed by atoms with Gasteiger partial charge >= 0.3 is 17.9 Å². The molecule has 244 valence electrons. The maximum atomic E-state index is 11.7.